The van der Waals surface area contributed by atoms with Crippen LogP contribution in [0.3, 0.4) is 0 Å². The number of thiophene rings is 1. The Labute approximate surface area is 134 Å². The molecule has 8 heteroatoms. The number of nitrogens with two attached hydrogens (primary N) is 1. The minimum absolute atomic E-state index is 0.0599. The summed E-state index contributed by atoms with van der Waals surface area (Å²) in [5, 5.41) is 5.16. The van der Waals surface area contributed by atoms with Gasteiger partial charge in [-0.05, 0) is 37.9 Å². The smallest absolute Gasteiger partial charge is 0.264 e. The molecule has 6 nitrogen and oxygen atoms in total. The molecule has 2 aliphatic rings. The average molecular weight is 343 g/mol. The molecule has 3 heterocycles. The lowest BCUT2D eigenvalue weighted by Crippen LogP contribution is -2.56. The van der Waals surface area contributed by atoms with Gasteiger partial charge in [0.05, 0.1) is 4.88 Å². The molecular weight excluding hydrogens is 322 g/mol. The van der Waals surface area contributed by atoms with Gasteiger partial charge in [-0.3, -0.25) is 9.69 Å². The van der Waals surface area contributed by atoms with Gasteiger partial charge >= 0.3 is 0 Å². The van der Waals surface area contributed by atoms with Crippen LogP contribution in [0, 0.1) is 6.92 Å². The van der Waals surface area contributed by atoms with Crippen LogP contribution in [0.5, 0.6) is 0 Å². The van der Waals surface area contributed by atoms with Crippen molar-refractivity contribution in [2.45, 2.75) is 36.4 Å². The van der Waals surface area contributed by atoms with Crippen LogP contribution in [0.25, 0.3) is 0 Å². The van der Waals surface area contributed by atoms with E-state index in [0.717, 1.165) is 37.4 Å². The van der Waals surface area contributed by atoms with Crippen LogP contribution < -0.4 is 5.14 Å². The Kier molecular flexibility index (Phi) is 4.28. The van der Waals surface area contributed by atoms with E-state index < -0.39 is 10.0 Å². The van der Waals surface area contributed by atoms with Gasteiger partial charge in [0.25, 0.3) is 5.91 Å². The van der Waals surface area contributed by atoms with Crippen LogP contribution >= 0.6 is 11.3 Å². The first-order valence-corrected chi connectivity index (χ1v) is 9.89. The molecule has 0 aromatic carbocycles. The lowest BCUT2D eigenvalue weighted by atomic mass is 9.99. The van der Waals surface area contributed by atoms with Gasteiger partial charge in [-0.15, -0.1) is 11.3 Å². The van der Waals surface area contributed by atoms with Crippen LogP contribution in [-0.4, -0.2) is 56.3 Å². The quantitative estimate of drug-likeness (QED) is 0.869. The third-order valence-corrected chi connectivity index (χ3v) is 7.14. The predicted octanol–water partition coefficient (Wildman–Crippen LogP) is 1.01. The van der Waals surface area contributed by atoms with Gasteiger partial charge in [0.2, 0.25) is 10.0 Å². The van der Waals surface area contributed by atoms with Crippen molar-refractivity contribution in [3.8, 4) is 0 Å². The fraction of sp³-hybridized carbons (Fsp3) is 0.643. The van der Waals surface area contributed by atoms with Gasteiger partial charge in [0.1, 0.15) is 4.21 Å². The summed E-state index contributed by atoms with van der Waals surface area (Å²) >= 11 is 0.980. The van der Waals surface area contributed by atoms with Crippen molar-refractivity contribution in [2.24, 2.45) is 5.14 Å². The number of rotatable bonds is 2. The molecule has 2 fully saturated rings. The van der Waals surface area contributed by atoms with Crippen molar-refractivity contribution in [1.82, 2.24) is 9.80 Å². The Hall–Kier alpha value is -0.960. The molecule has 22 heavy (non-hydrogen) atoms. The summed E-state index contributed by atoms with van der Waals surface area (Å²) in [6.45, 7) is 5.23. The summed E-state index contributed by atoms with van der Waals surface area (Å²) in [5.41, 5.74) is 0.685. The molecule has 0 saturated carbocycles. The van der Waals surface area contributed by atoms with E-state index in [1.165, 1.54) is 18.9 Å². The fourth-order valence-corrected chi connectivity index (χ4v) is 5.22. The standard InChI is InChI=1S/C14H21N3O3S2/c1-10-8-12(22(15,19)20)21-13(10)14(18)17-7-6-16-5-3-2-4-11(16)9-17/h8,11H,2-7,9H2,1H3,(H2,15,19,20)/t11-/m0/s1. The number of carbonyl (C=O) groups is 1. The molecule has 3 rings (SSSR count). The minimum atomic E-state index is -3.75. The maximum atomic E-state index is 12.7. The molecule has 2 saturated heterocycles. The molecular formula is C14H21N3O3S2. The number of piperazine rings is 1. The highest BCUT2D eigenvalue weighted by Gasteiger charge is 2.32. The van der Waals surface area contributed by atoms with Crippen molar-refractivity contribution in [3.05, 3.63) is 16.5 Å². The van der Waals surface area contributed by atoms with Crippen LogP contribution in [-0.2, 0) is 10.0 Å². The zero-order chi connectivity index (χ0) is 15.9. The molecule has 0 aliphatic carbocycles. The van der Waals surface area contributed by atoms with Gasteiger partial charge in [0, 0.05) is 25.7 Å². The van der Waals surface area contributed by atoms with Crippen molar-refractivity contribution in [1.29, 1.82) is 0 Å². The van der Waals surface area contributed by atoms with Gasteiger partial charge in [-0.1, -0.05) is 6.42 Å². The topological polar surface area (TPSA) is 83.7 Å². The van der Waals surface area contributed by atoms with E-state index in [2.05, 4.69) is 4.90 Å². The second-order valence-corrected chi connectivity index (χ2v) is 8.90. The van der Waals surface area contributed by atoms with E-state index in [1.54, 1.807) is 6.92 Å². The monoisotopic (exact) mass is 343 g/mol. The number of aryl methyl sites for hydroxylation is 1. The van der Waals surface area contributed by atoms with Gasteiger partial charge in [0.15, 0.2) is 0 Å². The van der Waals surface area contributed by atoms with E-state index in [0.29, 0.717) is 23.0 Å². The average Bonchev–Trinajstić information content (AvgIpc) is 2.88. The number of sulfonamides is 1. The minimum Gasteiger partial charge on any atom is -0.335 e. The summed E-state index contributed by atoms with van der Waals surface area (Å²) in [4.78, 5) is 17.5. The molecule has 1 aromatic heterocycles. The number of carbonyl (C=O) groups excluding carboxylic acids is 1. The number of hydrogen-bond donors (Lipinski definition) is 1. The number of primary sulfonamides is 1. The lowest BCUT2D eigenvalue weighted by Gasteiger charge is -2.44. The summed E-state index contributed by atoms with van der Waals surface area (Å²) in [5.74, 6) is -0.0670. The SMILES string of the molecule is Cc1cc(S(N)(=O)=O)sc1C(=O)N1CCN2CCCC[C@H]2C1. The van der Waals surface area contributed by atoms with Crippen molar-refractivity contribution < 1.29 is 13.2 Å². The van der Waals surface area contributed by atoms with Crippen molar-refractivity contribution in [3.63, 3.8) is 0 Å². The van der Waals surface area contributed by atoms with E-state index in [9.17, 15) is 13.2 Å². The number of hydrogen-bond acceptors (Lipinski definition) is 5. The molecule has 1 amide bonds. The zero-order valence-corrected chi connectivity index (χ0v) is 14.3. The molecule has 1 atom stereocenters. The molecule has 0 bridgehead atoms. The van der Waals surface area contributed by atoms with Gasteiger partial charge in [-0.2, -0.15) is 0 Å². The molecule has 2 aliphatic heterocycles. The first-order valence-electron chi connectivity index (χ1n) is 7.53. The van der Waals surface area contributed by atoms with Crippen molar-refractivity contribution >= 4 is 27.3 Å². The third-order valence-electron chi connectivity index (χ3n) is 4.49. The number of fused-ring (bicyclic) bond motifs is 1. The number of nitrogens with zero attached hydrogens (tertiary/aromatic N) is 2. The maximum Gasteiger partial charge on any atom is 0.264 e. The lowest BCUT2D eigenvalue weighted by molar-refractivity contribution is 0.0375. The van der Waals surface area contributed by atoms with E-state index in [-0.39, 0.29) is 10.1 Å². The number of piperidine rings is 1. The van der Waals surface area contributed by atoms with Crippen LogP contribution in [0.2, 0.25) is 0 Å². The normalized spacial score (nSPS) is 23.4. The Morgan fingerprint density at radius 3 is 2.77 bits per heavy atom. The maximum absolute atomic E-state index is 12.7. The van der Waals surface area contributed by atoms with Crippen LogP contribution in [0.4, 0.5) is 0 Å². The van der Waals surface area contributed by atoms with Crippen LogP contribution in [0.1, 0.15) is 34.5 Å². The molecule has 1 aromatic rings. The molecule has 0 unspecified atom stereocenters. The van der Waals surface area contributed by atoms with Crippen molar-refractivity contribution in [2.75, 3.05) is 26.2 Å². The summed E-state index contributed by atoms with van der Waals surface area (Å²) in [7, 11) is -3.75. The van der Waals surface area contributed by atoms with E-state index in [4.69, 9.17) is 5.14 Å². The second kappa shape index (κ2) is 5.92. The highest BCUT2D eigenvalue weighted by molar-refractivity contribution is 7.91. The summed E-state index contributed by atoms with van der Waals surface area (Å²) in [6.07, 6.45) is 3.60. The molecule has 2 N–H and O–H groups in total. The van der Waals surface area contributed by atoms with Crippen LogP contribution in [0.15, 0.2) is 10.3 Å². The Balaban J connectivity index is 1.78. The Bertz CT molecular complexity index is 684. The number of amides is 1. The van der Waals surface area contributed by atoms with E-state index in [1.807, 2.05) is 4.90 Å². The molecule has 122 valence electrons. The highest BCUT2D eigenvalue weighted by Crippen LogP contribution is 2.28. The third kappa shape index (κ3) is 3.05. The van der Waals surface area contributed by atoms with Gasteiger partial charge in [-0.25, -0.2) is 13.6 Å². The molecule has 0 radical (unpaired) electrons. The zero-order valence-electron chi connectivity index (χ0n) is 12.6. The first-order chi connectivity index (χ1) is 10.4. The molecule has 0 spiro atoms. The summed E-state index contributed by atoms with van der Waals surface area (Å²) < 4.78 is 22.9. The Morgan fingerprint density at radius 2 is 2.09 bits per heavy atom. The Morgan fingerprint density at radius 1 is 1.32 bits per heavy atom. The second-order valence-electron chi connectivity index (χ2n) is 6.06. The van der Waals surface area contributed by atoms with Gasteiger partial charge < -0.3 is 4.90 Å². The fourth-order valence-electron chi connectivity index (χ4n) is 3.29. The first kappa shape index (κ1) is 15.9. The summed E-state index contributed by atoms with van der Waals surface area (Å²) in [6, 6.07) is 1.94. The highest BCUT2D eigenvalue weighted by atomic mass is 32.2. The predicted molar refractivity (Wildman–Crippen MR) is 85.5 cm³/mol. The largest absolute Gasteiger partial charge is 0.335 e. The van der Waals surface area contributed by atoms with E-state index >= 15 is 0 Å².